The lowest BCUT2D eigenvalue weighted by Gasteiger charge is -2.11. The molecule has 0 atom stereocenters. The monoisotopic (exact) mass is 243 g/mol. The second kappa shape index (κ2) is 4.63. The summed E-state index contributed by atoms with van der Waals surface area (Å²) in [6.07, 6.45) is 0. The minimum absolute atomic E-state index is 0.374. The molecular formula is C10H14BrNO. The van der Waals surface area contributed by atoms with E-state index in [0.29, 0.717) is 5.75 Å². The minimum atomic E-state index is 0.374. The molecule has 0 aromatic heterocycles. The van der Waals surface area contributed by atoms with E-state index in [1.54, 1.807) is 6.07 Å². The Hall–Kier alpha value is -0.540. The summed E-state index contributed by atoms with van der Waals surface area (Å²) < 4.78 is 0. The Kier molecular flexibility index (Phi) is 3.75. The van der Waals surface area contributed by atoms with Gasteiger partial charge in [0.15, 0.2) is 0 Å². The van der Waals surface area contributed by atoms with Gasteiger partial charge in [-0.05, 0) is 31.8 Å². The zero-order chi connectivity index (χ0) is 9.84. The van der Waals surface area contributed by atoms with E-state index < -0.39 is 0 Å². The van der Waals surface area contributed by atoms with Crippen LogP contribution in [-0.2, 0) is 11.9 Å². The highest BCUT2D eigenvalue weighted by atomic mass is 79.9. The van der Waals surface area contributed by atoms with Crippen LogP contribution < -0.4 is 0 Å². The van der Waals surface area contributed by atoms with Gasteiger partial charge in [-0.3, -0.25) is 0 Å². The molecule has 0 amide bonds. The molecular weight excluding hydrogens is 230 g/mol. The van der Waals surface area contributed by atoms with Gasteiger partial charge >= 0.3 is 0 Å². The molecule has 3 heteroatoms. The third-order valence-corrected chi connectivity index (χ3v) is 2.43. The lowest BCUT2D eigenvalue weighted by molar-refractivity contribution is 0.385. The van der Waals surface area contributed by atoms with Gasteiger partial charge in [-0.1, -0.05) is 22.0 Å². The predicted octanol–water partition coefficient (Wildman–Crippen LogP) is 2.35. The van der Waals surface area contributed by atoms with Crippen LogP contribution in [0.4, 0.5) is 0 Å². The standard InChI is InChI=1S/C10H14BrNO/c1-12(2)7-9-5-8(6-11)3-4-10(9)13/h3-5,13H,6-7H2,1-2H3. The Morgan fingerprint density at radius 1 is 1.38 bits per heavy atom. The maximum absolute atomic E-state index is 9.54. The van der Waals surface area contributed by atoms with Crippen molar-refractivity contribution < 1.29 is 5.11 Å². The highest BCUT2D eigenvalue weighted by Gasteiger charge is 2.03. The number of aromatic hydroxyl groups is 1. The van der Waals surface area contributed by atoms with Crippen LogP contribution in [-0.4, -0.2) is 24.1 Å². The van der Waals surface area contributed by atoms with Gasteiger partial charge in [0.2, 0.25) is 0 Å². The second-order valence-corrected chi connectivity index (χ2v) is 3.90. The molecule has 2 nitrogen and oxygen atoms in total. The fraction of sp³-hybridized carbons (Fsp3) is 0.400. The van der Waals surface area contributed by atoms with Crippen molar-refractivity contribution in [3.05, 3.63) is 29.3 Å². The van der Waals surface area contributed by atoms with E-state index in [-0.39, 0.29) is 0 Å². The fourth-order valence-corrected chi connectivity index (χ4v) is 1.54. The molecule has 0 aliphatic rings. The number of halogens is 1. The van der Waals surface area contributed by atoms with Crippen molar-refractivity contribution in [3.8, 4) is 5.75 Å². The summed E-state index contributed by atoms with van der Waals surface area (Å²) in [7, 11) is 3.97. The summed E-state index contributed by atoms with van der Waals surface area (Å²) in [6.45, 7) is 0.771. The molecule has 0 saturated carbocycles. The van der Waals surface area contributed by atoms with Crippen LogP contribution in [0.1, 0.15) is 11.1 Å². The number of phenolic OH excluding ortho intramolecular Hbond substituents is 1. The Morgan fingerprint density at radius 3 is 2.62 bits per heavy atom. The molecule has 0 heterocycles. The molecule has 0 aliphatic carbocycles. The van der Waals surface area contributed by atoms with Crippen molar-refractivity contribution in [2.75, 3.05) is 14.1 Å². The highest BCUT2D eigenvalue weighted by Crippen LogP contribution is 2.20. The van der Waals surface area contributed by atoms with E-state index in [0.717, 1.165) is 17.4 Å². The summed E-state index contributed by atoms with van der Waals surface area (Å²) >= 11 is 3.39. The summed E-state index contributed by atoms with van der Waals surface area (Å²) in [4.78, 5) is 2.03. The van der Waals surface area contributed by atoms with Crippen LogP contribution in [0.3, 0.4) is 0 Å². The summed E-state index contributed by atoms with van der Waals surface area (Å²) in [5.41, 5.74) is 2.16. The van der Waals surface area contributed by atoms with Crippen molar-refractivity contribution in [2.45, 2.75) is 11.9 Å². The molecule has 0 aliphatic heterocycles. The highest BCUT2D eigenvalue weighted by molar-refractivity contribution is 9.08. The van der Waals surface area contributed by atoms with Gasteiger partial charge in [0.25, 0.3) is 0 Å². The zero-order valence-electron chi connectivity index (χ0n) is 7.92. The largest absolute Gasteiger partial charge is 0.508 e. The third kappa shape index (κ3) is 3.01. The van der Waals surface area contributed by atoms with Gasteiger partial charge in [-0.15, -0.1) is 0 Å². The van der Waals surface area contributed by atoms with E-state index in [1.165, 1.54) is 5.56 Å². The van der Waals surface area contributed by atoms with Gasteiger partial charge in [0.05, 0.1) is 0 Å². The van der Waals surface area contributed by atoms with Crippen LogP contribution in [0, 0.1) is 0 Å². The van der Waals surface area contributed by atoms with Crippen LogP contribution in [0.15, 0.2) is 18.2 Å². The molecule has 1 rings (SSSR count). The topological polar surface area (TPSA) is 23.5 Å². The smallest absolute Gasteiger partial charge is 0.120 e. The molecule has 0 radical (unpaired) electrons. The van der Waals surface area contributed by atoms with Crippen molar-refractivity contribution in [1.82, 2.24) is 4.90 Å². The quantitative estimate of drug-likeness (QED) is 0.825. The number of benzene rings is 1. The maximum atomic E-state index is 9.54. The van der Waals surface area contributed by atoms with Crippen LogP contribution in [0.5, 0.6) is 5.75 Å². The Bertz CT molecular complexity index is 286. The SMILES string of the molecule is CN(C)Cc1cc(CBr)ccc1O. The van der Waals surface area contributed by atoms with Gasteiger partial charge in [-0.2, -0.15) is 0 Å². The van der Waals surface area contributed by atoms with Crippen LogP contribution in [0.25, 0.3) is 0 Å². The summed E-state index contributed by atoms with van der Waals surface area (Å²) in [5.74, 6) is 0.374. The van der Waals surface area contributed by atoms with E-state index >= 15 is 0 Å². The Morgan fingerprint density at radius 2 is 2.08 bits per heavy atom. The van der Waals surface area contributed by atoms with E-state index in [4.69, 9.17) is 0 Å². The lowest BCUT2D eigenvalue weighted by Crippen LogP contribution is -2.10. The number of hydrogen-bond donors (Lipinski definition) is 1. The zero-order valence-corrected chi connectivity index (χ0v) is 9.50. The predicted molar refractivity (Wildman–Crippen MR) is 58.1 cm³/mol. The Labute approximate surface area is 87.3 Å². The lowest BCUT2D eigenvalue weighted by atomic mass is 10.1. The van der Waals surface area contributed by atoms with Crippen molar-refractivity contribution >= 4 is 15.9 Å². The average Bonchev–Trinajstić information content (AvgIpc) is 2.08. The van der Waals surface area contributed by atoms with Gasteiger partial charge < -0.3 is 10.0 Å². The van der Waals surface area contributed by atoms with Gasteiger partial charge in [0.1, 0.15) is 5.75 Å². The van der Waals surface area contributed by atoms with Gasteiger partial charge in [-0.25, -0.2) is 0 Å². The molecule has 72 valence electrons. The number of rotatable bonds is 3. The van der Waals surface area contributed by atoms with Crippen molar-refractivity contribution in [3.63, 3.8) is 0 Å². The number of nitrogens with zero attached hydrogens (tertiary/aromatic N) is 1. The molecule has 13 heavy (non-hydrogen) atoms. The summed E-state index contributed by atoms with van der Waals surface area (Å²) in [5, 5.41) is 10.4. The number of alkyl halides is 1. The fourth-order valence-electron chi connectivity index (χ4n) is 1.19. The second-order valence-electron chi connectivity index (χ2n) is 3.33. The molecule has 0 bridgehead atoms. The van der Waals surface area contributed by atoms with E-state index in [9.17, 15) is 5.11 Å². The molecule has 1 aromatic rings. The van der Waals surface area contributed by atoms with Crippen molar-refractivity contribution in [2.24, 2.45) is 0 Å². The van der Waals surface area contributed by atoms with E-state index in [1.807, 2.05) is 31.1 Å². The number of hydrogen-bond acceptors (Lipinski definition) is 2. The molecule has 0 saturated heterocycles. The van der Waals surface area contributed by atoms with Crippen LogP contribution in [0.2, 0.25) is 0 Å². The van der Waals surface area contributed by atoms with Crippen LogP contribution >= 0.6 is 15.9 Å². The molecule has 1 aromatic carbocycles. The molecule has 0 spiro atoms. The number of phenols is 1. The molecule has 1 N–H and O–H groups in total. The first-order valence-corrected chi connectivity index (χ1v) is 5.27. The van der Waals surface area contributed by atoms with E-state index in [2.05, 4.69) is 15.9 Å². The maximum Gasteiger partial charge on any atom is 0.120 e. The first-order valence-electron chi connectivity index (χ1n) is 4.15. The minimum Gasteiger partial charge on any atom is -0.508 e. The van der Waals surface area contributed by atoms with Gasteiger partial charge in [0, 0.05) is 17.4 Å². The first-order chi connectivity index (χ1) is 6.13. The molecule has 0 fully saturated rings. The first kappa shape index (κ1) is 10.5. The summed E-state index contributed by atoms with van der Waals surface area (Å²) in [6, 6.07) is 5.68. The third-order valence-electron chi connectivity index (χ3n) is 1.78. The van der Waals surface area contributed by atoms with Crippen molar-refractivity contribution in [1.29, 1.82) is 0 Å². The molecule has 0 unspecified atom stereocenters. The average molecular weight is 244 g/mol. The Balaban J connectivity index is 2.90. The normalized spacial score (nSPS) is 10.8.